The normalized spacial score (nSPS) is 23.3. The Hall–Kier alpha value is -0.950. The summed E-state index contributed by atoms with van der Waals surface area (Å²) < 4.78 is 71.0. The van der Waals surface area contributed by atoms with Crippen LogP contribution in [0.15, 0.2) is 4.99 Å². The van der Waals surface area contributed by atoms with Crippen LogP contribution >= 0.6 is 0 Å². The molecule has 14 heavy (non-hydrogen) atoms. The highest BCUT2D eigenvalue weighted by molar-refractivity contribution is 5.58. The van der Waals surface area contributed by atoms with Gasteiger partial charge in [0.05, 0.1) is 25.3 Å². The molecule has 0 aromatic carbocycles. The highest BCUT2D eigenvalue weighted by Crippen LogP contribution is 2.28. The van der Waals surface area contributed by atoms with E-state index in [9.17, 15) is 26.3 Å². The fourth-order valence-electron chi connectivity index (χ4n) is 1.05. The lowest BCUT2D eigenvalue weighted by Gasteiger charge is -2.19. The molecule has 0 saturated heterocycles. The van der Waals surface area contributed by atoms with Gasteiger partial charge in [-0.25, -0.2) is 0 Å². The van der Waals surface area contributed by atoms with Crippen LogP contribution in [-0.4, -0.2) is 36.3 Å². The Morgan fingerprint density at radius 3 is 2.14 bits per heavy atom. The van der Waals surface area contributed by atoms with E-state index in [1.54, 1.807) is 0 Å². The van der Waals surface area contributed by atoms with Crippen molar-refractivity contribution in [2.24, 2.45) is 4.99 Å². The van der Waals surface area contributed by atoms with E-state index in [2.05, 4.69) is 4.99 Å². The van der Waals surface area contributed by atoms with Crippen LogP contribution in [0.2, 0.25) is 0 Å². The molecule has 1 atom stereocenters. The Morgan fingerprint density at radius 2 is 1.79 bits per heavy atom. The average molecular weight is 220 g/mol. The van der Waals surface area contributed by atoms with E-state index in [0.717, 1.165) is 0 Å². The molecule has 1 rings (SSSR count). The Balaban J connectivity index is 2.48. The van der Waals surface area contributed by atoms with Crippen LogP contribution in [0, 0.1) is 0 Å². The molecule has 1 aliphatic heterocycles. The molecule has 8 heteroatoms. The number of alkyl halides is 6. The van der Waals surface area contributed by atoms with Gasteiger partial charge in [-0.3, -0.25) is 9.89 Å². The first kappa shape index (κ1) is 11.1. The summed E-state index contributed by atoms with van der Waals surface area (Å²) in [5.41, 5.74) is 0. The van der Waals surface area contributed by atoms with E-state index >= 15 is 0 Å². The third-order valence-electron chi connectivity index (χ3n) is 1.62. The predicted molar refractivity (Wildman–Crippen MR) is 35.7 cm³/mol. The lowest BCUT2D eigenvalue weighted by atomic mass is 10.2. The SMILES string of the molecule is FC(F)(F)CC1CN(C(F)(F)F)C=N1. The van der Waals surface area contributed by atoms with Crippen molar-refractivity contribution in [1.29, 1.82) is 0 Å². The van der Waals surface area contributed by atoms with Gasteiger partial charge in [0.25, 0.3) is 0 Å². The molecule has 1 unspecified atom stereocenters. The number of halogens is 6. The van der Waals surface area contributed by atoms with Crippen molar-refractivity contribution in [1.82, 2.24) is 4.90 Å². The van der Waals surface area contributed by atoms with Gasteiger partial charge in [0.15, 0.2) is 0 Å². The first-order chi connectivity index (χ1) is 6.18. The monoisotopic (exact) mass is 220 g/mol. The first-order valence-corrected chi connectivity index (χ1v) is 3.62. The average Bonchev–Trinajstić information content (AvgIpc) is 2.29. The number of aliphatic imine (C=N–C) groups is 1. The zero-order chi connectivity index (χ0) is 11.0. The van der Waals surface area contributed by atoms with Gasteiger partial charge in [0.1, 0.15) is 0 Å². The van der Waals surface area contributed by atoms with Crippen LogP contribution in [0.1, 0.15) is 6.42 Å². The van der Waals surface area contributed by atoms with E-state index in [-0.39, 0.29) is 4.90 Å². The van der Waals surface area contributed by atoms with Crippen molar-refractivity contribution in [2.75, 3.05) is 6.54 Å². The summed E-state index contributed by atoms with van der Waals surface area (Å²) in [6.07, 6.45) is -10.1. The zero-order valence-corrected chi connectivity index (χ0v) is 6.73. The number of hydrogen-bond donors (Lipinski definition) is 0. The van der Waals surface area contributed by atoms with Gasteiger partial charge in [-0.1, -0.05) is 0 Å². The fourth-order valence-corrected chi connectivity index (χ4v) is 1.05. The fraction of sp³-hybridized carbons (Fsp3) is 0.833. The van der Waals surface area contributed by atoms with Crippen LogP contribution < -0.4 is 0 Å². The van der Waals surface area contributed by atoms with Gasteiger partial charge in [-0.2, -0.15) is 26.3 Å². The van der Waals surface area contributed by atoms with Gasteiger partial charge in [-0.15, -0.1) is 0 Å². The minimum Gasteiger partial charge on any atom is -0.272 e. The van der Waals surface area contributed by atoms with Crippen LogP contribution in [0.25, 0.3) is 0 Å². The summed E-state index contributed by atoms with van der Waals surface area (Å²) in [6.45, 7) is -0.761. The van der Waals surface area contributed by atoms with Crippen LogP contribution in [0.3, 0.4) is 0 Å². The molecule has 0 aromatic heterocycles. The van der Waals surface area contributed by atoms with Gasteiger partial charge in [0, 0.05) is 0 Å². The maximum absolute atomic E-state index is 11.9. The lowest BCUT2D eigenvalue weighted by Crippen LogP contribution is -2.37. The second-order valence-corrected chi connectivity index (χ2v) is 2.86. The van der Waals surface area contributed by atoms with E-state index in [1.165, 1.54) is 0 Å². The number of hydrogen-bond acceptors (Lipinski definition) is 2. The minimum atomic E-state index is -4.65. The molecule has 0 saturated carbocycles. The Morgan fingerprint density at radius 1 is 1.21 bits per heavy atom. The second-order valence-electron chi connectivity index (χ2n) is 2.86. The summed E-state index contributed by atoms with van der Waals surface area (Å²) in [5.74, 6) is 0. The second kappa shape index (κ2) is 3.32. The van der Waals surface area contributed by atoms with E-state index in [4.69, 9.17) is 0 Å². The lowest BCUT2D eigenvalue weighted by molar-refractivity contribution is -0.215. The summed E-state index contributed by atoms with van der Waals surface area (Å²) in [6, 6.07) is -1.35. The van der Waals surface area contributed by atoms with Crippen molar-refractivity contribution in [3.63, 3.8) is 0 Å². The molecule has 82 valence electrons. The van der Waals surface area contributed by atoms with E-state index in [0.29, 0.717) is 6.34 Å². The maximum atomic E-state index is 11.9. The van der Waals surface area contributed by atoms with Crippen LogP contribution in [-0.2, 0) is 0 Å². The molecule has 0 aromatic rings. The highest BCUT2D eigenvalue weighted by atomic mass is 19.4. The van der Waals surface area contributed by atoms with Gasteiger partial charge in [0.2, 0.25) is 0 Å². The van der Waals surface area contributed by atoms with Crippen molar-refractivity contribution >= 4 is 6.34 Å². The molecule has 0 N–H and O–H groups in total. The Bertz CT molecular complexity index is 229. The quantitative estimate of drug-likeness (QED) is 0.488. The first-order valence-electron chi connectivity index (χ1n) is 3.62. The maximum Gasteiger partial charge on any atom is 0.485 e. The molecular weight excluding hydrogens is 214 g/mol. The Labute approximate surface area is 75.2 Å². The van der Waals surface area contributed by atoms with Crippen molar-refractivity contribution < 1.29 is 26.3 Å². The zero-order valence-electron chi connectivity index (χ0n) is 6.73. The van der Waals surface area contributed by atoms with E-state index < -0.39 is 31.5 Å². The van der Waals surface area contributed by atoms with Crippen molar-refractivity contribution in [2.45, 2.75) is 24.9 Å². The largest absolute Gasteiger partial charge is 0.485 e. The smallest absolute Gasteiger partial charge is 0.272 e. The number of nitrogens with zero attached hydrogens (tertiary/aromatic N) is 2. The van der Waals surface area contributed by atoms with Gasteiger partial charge >= 0.3 is 12.5 Å². The molecule has 1 aliphatic rings. The van der Waals surface area contributed by atoms with Crippen molar-refractivity contribution in [3.05, 3.63) is 0 Å². The molecular formula is C6H6F6N2. The van der Waals surface area contributed by atoms with E-state index in [1.807, 2.05) is 0 Å². The summed E-state index contributed by atoms with van der Waals surface area (Å²) in [4.78, 5) is 2.97. The number of rotatable bonds is 1. The highest BCUT2D eigenvalue weighted by Gasteiger charge is 2.42. The van der Waals surface area contributed by atoms with Crippen molar-refractivity contribution in [3.8, 4) is 0 Å². The van der Waals surface area contributed by atoms with Crippen LogP contribution in [0.5, 0.6) is 0 Å². The summed E-state index contributed by atoms with van der Waals surface area (Å²) >= 11 is 0. The summed E-state index contributed by atoms with van der Waals surface area (Å²) in [5, 5.41) is 0. The standard InChI is InChI=1S/C6H6F6N2/c7-5(8,9)1-4-2-14(3-13-4)6(10,11)12/h3-4H,1-2H2. The molecule has 2 nitrogen and oxygen atoms in total. The predicted octanol–water partition coefficient (Wildman–Crippen LogP) is 2.17. The molecule has 0 amide bonds. The molecule has 0 spiro atoms. The van der Waals surface area contributed by atoms with Gasteiger partial charge in [-0.05, 0) is 0 Å². The molecule has 0 bridgehead atoms. The molecule has 0 radical (unpaired) electrons. The van der Waals surface area contributed by atoms with Crippen LogP contribution in [0.4, 0.5) is 26.3 Å². The minimum absolute atomic E-state index is 0.163. The summed E-state index contributed by atoms with van der Waals surface area (Å²) in [7, 11) is 0. The van der Waals surface area contributed by atoms with Gasteiger partial charge < -0.3 is 0 Å². The molecule has 1 heterocycles. The molecule has 0 aliphatic carbocycles. The third-order valence-corrected chi connectivity index (χ3v) is 1.62. The topological polar surface area (TPSA) is 15.6 Å². The molecule has 0 fully saturated rings. The Kier molecular flexibility index (Phi) is 2.64. The third kappa shape index (κ3) is 3.08.